The van der Waals surface area contributed by atoms with Crippen molar-refractivity contribution in [2.75, 3.05) is 13.1 Å². The third kappa shape index (κ3) is 3.73. The minimum absolute atomic E-state index is 0.217. The molecule has 5 heteroatoms. The molecule has 2 atom stereocenters. The van der Waals surface area contributed by atoms with Crippen molar-refractivity contribution >= 4 is 0 Å². The number of likely N-dealkylation sites (tertiary alicyclic amines) is 1. The van der Waals surface area contributed by atoms with Crippen LogP contribution < -0.4 is 0 Å². The summed E-state index contributed by atoms with van der Waals surface area (Å²) in [5, 5.41) is 9.83. The van der Waals surface area contributed by atoms with Gasteiger partial charge in [-0.05, 0) is 30.4 Å². The van der Waals surface area contributed by atoms with Gasteiger partial charge in [0.25, 0.3) is 0 Å². The van der Waals surface area contributed by atoms with Crippen molar-refractivity contribution in [2.45, 2.75) is 38.6 Å². The Morgan fingerprint density at radius 1 is 1.35 bits per heavy atom. The molecular weight excluding hydrogens is 267 g/mol. The Morgan fingerprint density at radius 3 is 2.75 bits per heavy atom. The number of aliphatic hydroxyl groups excluding tert-OH is 1. The van der Waals surface area contributed by atoms with Gasteiger partial charge in [-0.15, -0.1) is 0 Å². The number of hydrogen-bond donors (Lipinski definition) is 1. The van der Waals surface area contributed by atoms with Gasteiger partial charge < -0.3 is 5.11 Å². The summed E-state index contributed by atoms with van der Waals surface area (Å²) < 4.78 is 38.0. The lowest BCUT2D eigenvalue weighted by atomic mass is 9.92. The summed E-state index contributed by atoms with van der Waals surface area (Å²) in [6, 6.07) is 5.49. The number of alkyl halides is 3. The zero-order valence-electron chi connectivity index (χ0n) is 11.5. The Balaban J connectivity index is 2.03. The van der Waals surface area contributed by atoms with Gasteiger partial charge in [0.15, 0.2) is 0 Å². The van der Waals surface area contributed by atoms with Crippen LogP contribution in [0.25, 0.3) is 0 Å². The zero-order valence-corrected chi connectivity index (χ0v) is 11.5. The predicted octanol–water partition coefficient (Wildman–Crippen LogP) is 3.30. The number of aliphatic hydroxyl groups is 1. The van der Waals surface area contributed by atoms with E-state index >= 15 is 0 Å². The Labute approximate surface area is 117 Å². The van der Waals surface area contributed by atoms with E-state index in [1.54, 1.807) is 6.07 Å². The van der Waals surface area contributed by atoms with E-state index in [0.29, 0.717) is 18.5 Å². The maximum Gasteiger partial charge on any atom is 0.416 e. The molecule has 0 aliphatic carbocycles. The lowest BCUT2D eigenvalue weighted by molar-refractivity contribution is -0.137. The molecule has 2 rings (SSSR count). The average Bonchev–Trinajstić information content (AvgIpc) is 2.40. The maximum atomic E-state index is 12.7. The molecule has 0 amide bonds. The van der Waals surface area contributed by atoms with Crippen LogP contribution in [0.5, 0.6) is 0 Å². The molecule has 112 valence electrons. The first-order valence-corrected chi connectivity index (χ1v) is 6.96. The molecule has 1 aliphatic heterocycles. The molecule has 1 aromatic carbocycles. The van der Waals surface area contributed by atoms with E-state index in [-0.39, 0.29) is 12.0 Å². The first-order chi connectivity index (χ1) is 9.40. The number of nitrogens with zero attached hydrogens (tertiary/aromatic N) is 1. The van der Waals surface area contributed by atoms with Gasteiger partial charge in [-0.2, -0.15) is 13.2 Å². The maximum absolute atomic E-state index is 12.7. The monoisotopic (exact) mass is 287 g/mol. The lowest BCUT2D eigenvalue weighted by Gasteiger charge is -2.35. The Morgan fingerprint density at radius 2 is 2.10 bits per heavy atom. The van der Waals surface area contributed by atoms with Crippen LogP contribution >= 0.6 is 0 Å². The fourth-order valence-electron chi connectivity index (χ4n) is 2.74. The third-order valence-corrected chi connectivity index (χ3v) is 3.96. The van der Waals surface area contributed by atoms with Gasteiger partial charge in [0, 0.05) is 19.6 Å². The molecule has 1 aliphatic rings. The van der Waals surface area contributed by atoms with Crippen molar-refractivity contribution in [3.05, 3.63) is 35.4 Å². The van der Waals surface area contributed by atoms with Gasteiger partial charge in [0.05, 0.1) is 11.7 Å². The Bertz CT molecular complexity index is 447. The van der Waals surface area contributed by atoms with Crippen LogP contribution in [-0.2, 0) is 12.7 Å². The van der Waals surface area contributed by atoms with Crippen molar-refractivity contribution in [3.8, 4) is 0 Å². The standard InChI is InChI=1S/C15H20F3NO/c1-2-12-10-19(7-6-14(12)20)9-11-4-3-5-13(8-11)15(16,17)18/h3-5,8,12,14,20H,2,6-7,9-10H2,1H3. The summed E-state index contributed by atoms with van der Waals surface area (Å²) in [5.74, 6) is 0.217. The summed E-state index contributed by atoms with van der Waals surface area (Å²) in [6.45, 7) is 4.01. The smallest absolute Gasteiger partial charge is 0.393 e. The average molecular weight is 287 g/mol. The molecule has 1 saturated heterocycles. The highest BCUT2D eigenvalue weighted by molar-refractivity contribution is 5.25. The molecule has 0 spiro atoms. The van der Waals surface area contributed by atoms with Crippen LogP contribution in [0.3, 0.4) is 0 Å². The van der Waals surface area contributed by atoms with E-state index in [2.05, 4.69) is 4.90 Å². The minimum atomic E-state index is -4.29. The fourth-order valence-corrected chi connectivity index (χ4v) is 2.74. The summed E-state index contributed by atoms with van der Waals surface area (Å²) in [5.41, 5.74) is 0.0742. The van der Waals surface area contributed by atoms with Crippen molar-refractivity contribution < 1.29 is 18.3 Å². The Kier molecular flexibility index (Phi) is 4.70. The van der Waals surface area contributed by atoms with Gasteiger partial charge in [-0.1, -0.05) is 25.1 Å². The summed E-state index contributed by atoms with van der Waals surface area (Å²) in [7, 11) is 0. The second-order valence-corrected chi connectivity index (χ2v) is 5.46. The molecule has 1 heterocycles. The van der Waals surface area contributed by atoms with Crippen molar-refractivity contribution in [1.82, 2.24) is 4.90 Å². The number of rotatable bonds is 3. The van der Waals surface area contributed by atoms with E-state index < -0.39 is 11.7 Å². The number of benzene rings is 1. The third-order valence-electron chi connectivity index (χ3n) is 3.96. The molecule has 2 nitrogen and oxygen atoms in total. The number of halogens is 3. The van der Waals surface area contributed by atoms with Gasteiger partial charge in [0.2, 0.25) is 0 Å². The molecule has 1 fully saturated rings. The van der Waals surface area contributed by atoms with Crippen LogP contribution in [0.4, 0.5) is 13.2 Å². The second kappa shape index (κ2) is 6.14. The van der Waals surface area contributed by atoms with Crippen LogP contribution in [0, 0.1) is 5.92 Å². The van der Waals surface area contributed by atoms with Crippen molar-refractivity contribution in [3.63, 3.8) is 0 Å². The van der Waals surface area contributed by atoms with Crippen LogP contribution in [0.2, 0.25) is 0 Å². The summed E-state index contributed by atoms with van der Waals surface area (Å²) in [4.78, 5) is 2.12. The minimum Gasteiger partial charge on any atom is -0.393 e. The first-order valence-electron chi connectivity index (χ1n) is 6.96. The fraction of sp³-hybridized carbons (Fsp3) is 0.600. The van der Waals surface area contributed by atoms with E-state index in [1.165, 1.54) is 12.1 Å². The molecule has 20 heavy (non-hydrogen) atoms. The topological polar surface area (TPSA) is 23.5 Å². The predicted molar refractivity (Wildman–Crippen MR) is 71.1 cm³/mol. The molecular formula is C15H20F3NO. The zero-order chi connectivity index (χ0) is 14.8. The Hall–Kier alpha value is -1.07. The molecule has 1 aromatic rings. The normalized spacial score (nSPS) is 24.9. The van der Waals surface area contributed by atoms with Crippen LogP contribution in [-0.4, -0.2) is 29.2 Å². The van der Waals surface area contributed by atoms with E-state index in [4.69, 9.17) is 0 Å². The van der Waals surface area contributed by atoms with Gasteiger partial charge in [0.1, 0.15) is 0 Å². The molecule has 1 N–H and O–H groups in total. The van der Waals surface area contributed by atoms with Crippen molar-refractivity contribution in [1.29, 1.82) is 0 Å². The van der Waals surface area contributed by atoms with Crippen LogP contribution in [0.15, 0.2) is 24.3 Å². The first kappa shape index (κ1) is 15.3. The lowest BCUT2D eigenvalue weighted by Crippen LogP contribution is -2.42. The highest BCUT2D eigenvalue weighted by Gasteiger charge is 2.31. The molecule has 0 saturated carbocycles. The molecule has 0 bridgehead atoms. The molecule has 0 radical (unpaired) electrons. The number of hydrogen-bond acceptors (Lipinski definition) is 2. The van der Waals surface area contributed by atoms with E-state index in [1.807, 2.05) is 6.92 Å². The van der Waals surface area contributed by atoms with Gasteiger partial charge in [-0.25, -0.2) is 0 Å². The van der Waals surface area contributed by atoms with Gasteiger partial charge >= 0.3 is 6.18 Å². The van der Waals surface area contributed by atoms with Crippen molar-refractivity contribution in [2.24, 2.45) is 5.92 Å². The molecule has 2 unspecified atom stereocenters. The summed E-state index contributed by atoms with van der Waals surface area (Å²) >= 11 is 0. The second-order valence-electron chi connectivity index (χ2n) is 5.46. The van der Waals surface area contributed by atoms with Crippen LogP contribution in [0.1, 0.15) is 30.9 Å². The highest BCUT2D eigenvalue weighted by Crippen LogP contribution is 2.30. The van der Waals surface area contributed by atoms with Gasteiger partial charge in [-0.3, -0.25) is 4.90 Å². The quantitative estimate of drug-likeness (QED) is 0.922. The largest absolute Gasteiger partial charge is 0.416 e. The highest BCUT2D eigenvalue weighted by atomic mass is 19.4. The summed E-state index contributed by atoms with van der Waals surface area (Å²) in [6.07, 6.45) is -2.99. The number of piperidine rings is 1. The van der Waals surface area contributed by atoms with E-state index in [0.717, 1.165) is 25.6 Å². The van der Waals surface area contributed by atoms with E-state index in [9.17, 15) is 18.3 Å². The molecule has 0 aromatic heterocycles. The SMILES string of the molecule is CCC1CN(Cc2cccc(C(F)(F)F)c2)CCC1O.